The number of hydrogen-bond donors (Lipinski definition) is 1. The molecule has 0 aromatic heterocycles. The van der Waals surface area contributed by atoms with Gasteiger partial charge in [-0.2, -0.15) is 0 Å². The summed E-state index contributed by atoms with van der Waals surface area (Å²) in [5, 5.41) is 2.97. The molecular formula is C25H34N2O3. The second kappa shape index (κ2) is 10.8. The molecule has 0 bridgehead atoms. The minimum Gasteiger partial charge on any atom is -0.483 e. The summed E-state index contributed by atoms with van der Waals surface area (Å²) in [7, 11) is 0. The topological polar surface area (TPSA) is 58.6 Å². The van der Waals surface area contributed by atoms with Gasteiger partial charge in [-0.3, -0.25) is 9.59 Å². The summed E-state index contributed by atoms with van der Waals surface area (Å²) in [4.78, 5) is 27.4. The lowest BCUT2D eigenvalue weighted by Gasteiger charge is -2.29. The summed E-state index contributed by atoms with van der Waals surface area (Å²) in [6.45, 7) is 12.0. The Morgan fingerprint density at radius 1 is 1.07 bits per heavy atom. The molecule has 0 unspecified atom stereocenters. The highest BCUT2D eigenvalue weighted by atomic mass is 16.5. The smallest absolute Gasteiger partial charge is 0.261 e. The molecule has 162 valence electrons. The van der Waals surface area contributed by atoms with Crippen molar-refractivity contribution in [2.75, 3.05) is 6.61 Å². The van der Waals surface area contributed by atoms with E-state index in [0.717, 1.165) is 28.7 Å². The van der Waals surface area contributed by atoms with Crippen molar-refractivity contribution in [2.24, 2.45) is 0 Å². The molecule has 2 atom stereocenters. The maximum atomic E-state index is 13.1. The number of nitrogens with one attached hydrogen (secondary N) is 1. The molecule has 2 aromatic carbocycles. The van der Waals surface area contributed by atoms with Crippen LogP contribution in [0.15, 0.2) is 42.5 Å². The lowest BCUT2D eigenvalue weighted by atomic mass is 10.1. The van der Waals surface area contributed by atoms with E-state index < -0.39 is 6.04 Å². The van der Waals surface area contributed by atoms with Crippen LogP contribution in [0.4, 0.5) is 0 Å². The highest BCUT2D eigenvalue weighted by Gasteiger charge is 2.27. The summed E-state index contributed by atoms with van der Waals surface area (Å²) in [5.74, 6) is 0.331. The van der Waals surface area contributed by atoms with Gasteiger partial charge in [-0.05, 0) is 69.4 Å². The fourth-order valence-corrected chi connectivity index (χ4v) is 3.20. The van der Waals surface area contributed by atoms with Gasteiger partial charge in [0, 0.05) is 12.6 Å². The Hall–Kier alpha value is -2.82. The van der Waals surface area contributed by atoms with Gasteiger partial charge in [-0.25, -0.2) is 0 Å². The number of benzene rings is 2. The van der Waals surface area contributed by atoms with Crippen LogP contribution in [0, 0.1) is 20.8 Å². The summed E-state index contributed by atoms with van der Waals surface area (Å²) in [6.07, 6.45) is 0.834. The van der Waals surface area contributed by atoms with Crippen molar-refractivity contribution in [3.05, 3.63) is 64.7 Å². The number of amides is 2. The molecule has 30 heavy (non-hydrogen) atoms. The Kier molecular flexibility index (Phi) is 8.46. The SMILES string of the molecule is CC[C@@H](C)NC(=O)[C@@H](C)N(Cc1ccccc1)C(=O)COc1cc(C)cc(C)c1C. The first-order valence-corrected chi connectivity index (χ1v) is 10.6. The maximum Gasteiger partial charge on any atom is 0.261 e. The Balaban J connectivity index is 2.18. The van der Waals surface area contributed by atoms with Crippen LogP contribution in [0.5, 0.6) is 5.75 Å². The van der Waals surface area contributed by atoms with Gasteiger partial charge in [0.1, 0.15) is 11.8 Å². The molecule has 2 aromatic rings. The van der Waals surface area contributed by atoms with Crippen molar-refractivity contribution in [3.8, 4) is 5.75 Å². The van der Waals surface area contributed by atoms with Crippen molar-refractivity contribution in [3.63, 3.8) is 0 Å². The van der Waals surface area contributed by atoms with Crippen LogP contribution in [0.1, 0.15) is 49.4 Å². The molecule has 0 saturated heterocycles. The monoisotopic (exact) mass is 410 g/mol. The number of nitrogens with zero attached hydrogens (tertiary/aromatic N) is 1. The molecule has 0 aliphatic carbocycles. The molecule has 1 N–H and O–H groups in total. The number of ether oxygens (including phenoxy) is 1. The van der Waals surface area contributed by atoms with Crippen molar-refractivity contribution < 1.29 is 14.3 Å². The number of hydrogen-bond acceptors (Lipinski definition) is 3. The van der Waals surface area contributed by atoms with Crippen LogP contribution in [-0.2, 0) is 16.1 Å². The van der Waals surface area contributed by atoms with Gasteiger partial charge in [0.2, 0.25) is 5.91 Å². The van der Waals surface area contributed by atoms with Crippen molar-refractivity contribution in [1.29, 1.82) is 0 Å². The third-order valence-corrected chi connectivity index (χ3v) is 5.48. The molecule has 0 heterocycles. The van der Waals surface area contributed by atoms with Gasteiger partial charge >= 0.3 is 0 Å². The normalized spacial score (nSPS) is 12.7. The fourth-order valence-electron chi connectivity index (χ4n) is 3.20. The third kappa shape index (κ3) is 6.34. The first-order valence-electron chi connectivity index (χ1n) is 10.6. The first-order chi connectivity index (χ1) is 14.2. The lowest BCUT2D eigenvalue weighted by molar-refractivity contribution is -0.142. The van der Waals surface area contributed by atoms with Crippen molar-refractivity contribution in [1.82, 2.24) is 10.2 Å². The van der Waals surface area contributed by atoms with Gasteiger partial charge < -0.3 is 15.0 Å². The second-order valence-corrected chi connectivity index (χ2v) is 7.99. The predicted octanol–water partition coefficient (Wildman–Crippen LogP) is 4.32. The molecule has 5 nitrogen and oxygen atoms in total. The van der Waals surface area contributed by atoms with Crippen molar-refractivity contribution >= 4 is 11.8 Å². The first kappa shape index (κ1) is 23.5. The summed E-state index contributed by atoms with van der Waals surface area (Å²) >= 11 is 0. The van der Waals surface area contributed by atoms with Crippen LogP contribution >= 0.6 is 0 Å². The van der Waals surface area contributed by atoms with Gasteiger partial charge in [-0.1, -0.05) is 43.3 Å². The lowest BCUT2D eigenvalue weighted by Crippen LogP contribution is -2.50. The average molecular weight is 411 g/mol. The van der Waals surface area contributed by atoms with Crippen LogP contribution < -0.4 is 10.1 Å². The fraction of sp³-hybridized carbons (Fsp3) is 0.440. The molecule has 2 amide bonds. The van der Waals surface area contributed by atoms with Gasteiger partial charge in [-0.15, -0.1) is 0 Å². The zero-order chi connectivity index (χ0) is 22.3. The molecular weight excluding hydrogens is 376 g/mol. The minimum atomic E-state index is -0.601. The van der Waals surface area contributed by atoms with Crippen LogP contribution in [0.3, 0.4) is 0 Å². The largest absolute Gasteiger partial charge is 0.483 e. The Labute approximate surface area is 180 Å². The zero-order valence-electron chi connectivity index (χ0n) is 19.0. The Morgan fingerprint density at radius 3 is 2.37 bits per heavy atom. The van der Waals surface area contributed by atoms with E-state index in [1.807, 2.05) is 71.0 Å². The maximum absolute atomic E-state index is 13.1. The highest BCUT2D eigenvalue weighted by Crippen LogP contribution is 2.23. The van der Waals surface area contributed by atoms with E-state index in [2.05, 4.69) is 11.4 Å². The van der Waals surface area contributed by atoms with E-state index in [9.17, 15) is 9.59 Å². The van der Waals surface area contributed by atoms with Crippen molar-refractivity contribution in [2.45, 2.75) is 66.6 Å². The molecule has 0 aliphatic heterocycles. The summed E-state index contributed by atoms with van der Waals surface area (Å²) in [5.41, 5.74) is 4.20. The van der Waals surface area contributed by atoms with E-state index in [1.165, 1.54) is 0 Å². The molecule has 2 rings (SSSR count). The van der Waals surface area contributed by atoms with E-state index in [1.54, 1.807) is 11.8 Å². The molecule has 0 aliphatic rings. The molecule has 5 heteroatoms. The Morgan fingerprint density at radius 2 is 1.73 bits per heavy atom. The van der Waals surface area contributed by atoms with Gasteiger partial charge in [0.15, 0.2) is 6.61 Å². The summed E-state index contributed by atoms with van der Waals surface area (Å²) in [6, 6.07) is 13.2. The van der Waals surface area contributed by atoms with E-state index in [0.29, 0.717) is 12.3 Å². The zero-order valence-corrected chi connectivity index (χ0v) is 19.0. The number of rotatable bonds is 9. The van der Waals surface area contributed by atoms with E-state index in [-0.39, 0.29) is 24.5 Å². The van der Waals surface area contributed by atoms with Gasteiger partial charge in [0.25, 0.3) is 5.91 Å². The molecule has 0 fully saturated rings. The number of carbonyl (C=O) groups is 2. The highest BCUT2D eigenvalue weighted by molar-refractivity contribution is 5.88. The molecule has 0 saturated carbocycles. The van der Waals surface area contributed by atoms with Crippen LogP contribution in [-0.4, -0.2) is 35.4 Å². The van der Waals surface area contributed by atoms with Crippen LogP contribution in [0.25, 0.3) is 0 Å². The summed E-state index contributed by atoms with van der Waals surface area (Å²) < 4.78 is 5.89. The average Bonchev–Trinajstić information content (AvgIpc) is 2.73. The quantitative estimate of drug-likeness (QED) is 0.670. The number of carbonyl (C=O) groups excluding carboxylic acids is 2. The second-order valence-electron chi connectivity index (χ2n) is 7.99. The van der Waals surface area contributed by atoms with E-state index in [4.69, 9.17) is 4.74 Å². The number of aryl methyl sites for hydroxylation is 2. The Bertz CT molecular complexity index is 864. The predicted molar refractivity (Wildman–Crippen MR) is 120 cm³/mol. The van der Waals surface area contributed by atoms with E-state index >= 15 is 0 Å². The molecule has 0 spiro atoms. The third-order valence-electron chi connectivity index (χ3n) is 5.48. The standard InChI is InChI=1S/C25H34N2O3/c1-7-19(4)26-25(29)21(6)27(15-22-11-9-8-10-12-22)24(28)16-30-23-14-17(2)13-18(3)20(23)5/h8-14,19,21H,7,15-16H2,1-6H3,(H,26,29)/t19-,21-/m1/s1. The molecule has 0 radical (unpaired) electrons. The van der Waals surface area contributed by atoms with Gasteiger partial charge in [0.05, 0.1) is 0 Å². The van der Waals surface area contributed by atoms with Crippen LogP contribution in [0.2, 0.25) is 0 Å². The minimum absolute atomic E-state index is 0.0581.